The van der Waals surface area contributed by atoms with Crippen LogP contribution in [-0.4, -0.2) is 44.6 Å². The second-order valence-corrected chi connectivity index (χ2v) is 7.44. The molecule has 4 N–H and O–H groups in total. The van der Waals surface area contributed by atoms with Gasteiger partial charge in [-0.25, -0.2) is 4.68 Å². The number of amides is 1. The number of rotatable bonds is 7. The van der Waals surface area contributed by atoms with Crippen molar-refractivity contribution >= 4 is 17.5 Å². The second-order valence-electron chi connectivity index (χ2n) is 7.44. The summed E-state index contributed by atoms with van der Waals surface area (Å²) in [7, 11) is 1.55. The molecule has 2 aromatic carbocycles. The van der Waals surface area contributed by atoms with E-state index in [4.69, 9.17) is 9.84 Å². The molecule has 9 nitrogen and oxygen atoms in total. The molecular weight excluding hydrogens is 410 g/mol. The van der Waals surface area contributed by atoms with Crippen molar-refractivity contribution in [1.82, 2.24) is 14.8 Å². The molecule has 32 heavy (non-hydrogen) atoms. The van der Waals surface area contributed by atoms with Crippen LogP contribution >= 0.6 is 0 Å². The first-order valence-corrected chi connectivity index (χ1v) is 10.3. The molecule has 166 valence electrons. The van der Waals surface area contributed by atoms with Gasteiger partial charge in [-0.15, -0.1) is 0 Å². The number of carbonyl (C=O) groups excluding carboxylic acids is 1. The van der Waals surface area contributed by atoms with Gasteiger partial charge in [0, 0.05) is 18.7 Å². The largest absolute Gasteiger partial charge is 0.508 e. The fourth-order valence-electron chi connectivity index (χ4n) is 3.73. The Hall–Kier alpha value is -3.85. The summed E-state index contributed by atoms with van der Waals surface area (Å²) in [5.41, 5.74) is 2.43. The van der Waals surface area contributed by atoms with E-state index >= 15 is 0 Å². The molecule has 4 rings (SSSR count). The fraction of sp³-hybridized carbons (Fsp3) is 0.261. The highest BCUT2D eigenvalue weighted by Crippen LogP contribution is 2.37. The number of carbonyl (C=O) groups is 1. The summed E-state index contributed by atoms with van der Waals surface area (Å²) in [5.74, 6) is 1.46. The molecule has 0 radical (unpaired) electrons. The highest BCUT2D eigenvalue weighted by Gasteiger charge is 2.34. The van der Waals surface area contributed by atoms with Gasteiger partial charge in [0.2, 0.25) is 5.95 Å². The van der Waals surface area contributed by atoms with E-state index in [9.17, 15) is 9.90 Å². The van der Waals surface area contributed by atoms with Crippen molar-refractivity contribution in [2.24, 2.45) is 0 Å². The number of nitrogens with one attached hydrogen (secondary N) is 2. The first kappa shape index (κ1) is 21.4. The Morgan fingerprint density at radius 3 is 2.69 bits per heavy atom. The number of aromatic nitrogens is 3. The third-order valence-corrected chi connectivity index (χ3v) is 5.26. The van der Waals surface area contributed by atoms with E-state index in [1.165, 1.54) is 0 Å². The normalized spacial score (nSPS) is 15.2. The monoisotopic (exact) mass is 435 g/mol. The number of benzene rings is 2. The van der Waals surface area contributed by atoms with Gasteiger partial charge in [-0.05, 0) is 43.2 Å². The molecule has 0 unspecified atom stereocenters. The summed E-state index contributed by atoms with van der Waals surface area (Å²) in [5, 5.41) is 29.6. The van der Waals surface area contributed by atoms with Crippen LogP contribution in [0.4, 0.5) is 11.6 Å². The molecule has 1 aliphatic rings. The van der Waals surface area contributed by atoms with Gasteiger partial charge >= 0.3 is 0 Å². The predicted molar refractivity (Wildman–Crippen MR) is 120 cm³/mol. The summed E-state index contributed by atoms with van der Waals surface area (Å²) in [6, 6.07) is 13.3. The molecule has 0 bridgehead atoms. The first-order chi connectivity index (χ1) is 15.5. The van der Waals surface area contributed by atoms with Gasteiger partial charge in [-0.2, -0.15) is 10.1 Å². The Morgan fingerprint density at radius 1 is 1.22 bits per heavy atom. The molecular formula is C23H25N5O4. The van der Waals surface area contributed by atoms with Gasteiger partial charge in [0.15, 0.2) is 5.82 Å². The maximum Gasteiger partial charge on any atom is 0.255 e. The molecule has 0 aliphatic carbocycles. The number of nitrogens with zero attached hydrogens (tertiary/aromatic N) is 3. The van der Waals surface area contributed by atoms with Crippen LogP contribution in [0.3, 0.4) is 0 Å². The smallest absolute Gasteiger partial charge is 0.255 e. The van der Waals surface area contributed by atoms with E-state index < -0.39 is 6.04 Å². The van der Waals surface area contributed by atoms with Crippen LogP contribution in [0.5, 0.6) is 11.5 Å². The van der Waals surface area contributed by atoms with Crippen LogP contribution in [0, 0.1) is 0 Å². The van der Waals surface area contributed by atoms with Crippen LogP contribution in [0.2, 0.25) is 0 Å². The van der Waals surface area contributed by atoms with E-state index in [1.807, 2.05) is 19.1 Å². The topological polar surface area (TPSA) is 122 Å². The maximum atomic E-state index is 13.5. The minimum Gasteiger partial charge on any atom is -0.508 e. The predicted octanol–water partition coefficient (Wildman–Crippen LogP) is 2.84. The highest BCUT2D eigenvalue weighted by atomic mass is 16.5. The second kappa shape index (κ2) is 9.11. The number of phenolic OH excluding ortho intramolecular Hbond substituents is 1. The van der Waals surface area contributed by atoms with Crippen LogP contribution in [0.25, 0.3) is 0 Å². The average Bonchev–Trinajstić information content (AvgIpc) is 3.20. The Bertz CT molecular complexity index is 1150. The lowest BCUT2D eigenvalue weighted by Gasteiger charge is -2.28. The van der Waals surface area contributed by atoms with Crippen molar-refractivity contribution in [3.05, 3.63) is 71.2 Å². The minimum absolute atomic E-state index is 0.0442. The standard InChI is InChI=1S/C23H25N5O4/c1-14-20(22(31)25-17-6-3-4-7-18(17)32-2)21(15-9-11-16(30)12-10-15)28-23(24-14)26-19(27-28)8-5-13-29/h3-4,6-7,9-12,21,29-30H,5,8,13H2,1-2H3,(H,25,31)(H,24,26,27)/t21-/m0/s1. The fourth-order valence-corrected chi connectivity index (χ4v) is 3.73. The lowest BCUT2D eigenvalue weighted by atomic mass is 9.95. The van der Waals surface area contributed by atoms with Crippen LogP contribution in [-0.2, 0) is 11.2 Å². The number of hydrogen-bond acceptors (Lipinski definition) is 7. The summed E-state index contributed by atoms with van der Waals surface area (Å²) in [6.07, 6.45) is 1.06. The maximum absolute atomic E-state index is 13.5. The van der Waals surface area contributed by atoms with Gasteiger partial charge in [-0.1, -0.05) is 24.3 Å². The number of aromatic hydroxyl groups is 1. The number of aryl methyl sites for hydroxylation is 1. The lowest BCUT2D eigenvalue weighted by Crippen LogP contribution is -2.31. The molecule has 9 heteroatoms. The van der Waals surface area contributed by atoms with Crippen molar-refractivity contribution in [3.63, 3.8) is 0 Å². The van der Waals surface area contributed by atoms with E-state index in [1.54, 1.807) is 48.2 Å². The van der Waals surface area contributed by atoms with Crippen molar-refractivity contribution in [2.45, 2.75) is 25.8 Å². The zero-order valence-electron chi connectivity index (χ0n) is 17.9. The average molecular weight is 435 g/mol. The summed E-state index contributed by atoms with van der Waals surface area (Å²) in [6.45, 7) is 1.86. The van der Waals surface area contributed by atoms with Gasteiger partial charge in [0.05, 0.1) is 18.4 Å². The van der Waals surface area contributed by atoms with Crippen LogP contribution in [0.15, 0.2) is 59.8 Å². The SMILES string of the molecule is COc1ccccc1NC(=O)C1=C(C)Nc2nc(CCCO)nn2[C@H]1c1ccc(O)cc1. The van der Waals surface area contributed by atoms with E-state index in [0.717, 1.165) is 5.56 Å². The third kappa shape index (κ3) is 4.15. The van der Waals surface area contributed by atoms with Crippen molar-refractivity contribution < 1.29 is 19.7 Å². The molecule has 0 spiro atoms. The van der Waals surface area contributed by atoms with E-state index in [0.29, 0.717) is 47.3 Å². The Labute approximate surface area is 185 Å². The Morgan fingerprint density at radius 2 is 1.97 bits per heavy atom. The van der Waals surface area contributed by atoms with E-state index in [2.05, 4.69) is 20.7 Å². The van der Waals surface area contributed by atoms with E-state index in [-0.39, 0.29) is 18.3 Å². The number of phenols is 1. The Kier molecular flexibility index (Phi) is 6.09. The molecule has 0 saturated carbocycles. The molecule has 3 aromatic rings. The van der Waals surface area contributed by atoms with Gasteiger partial charge in [-0.3, -0.25) is 4.79 Å². The molecule has 1 atom stereocenters. The van der Waals surface area contributed by atoms with Crippen LogP contribution < -0.4 is 15.4 Å². The number of hydrogen-bond donors (Lipinski definition) is 4. The number of ether oxygens (including phenoxy) is 1. The number of para-hydroxylation sites is 2. The minimum atomic E-state index is -0.558. The number of aliphatic hydroxyl groups is 1. The van der Waals surface area contributed by atoms with Crippen molar-refractivity contribution in [1.29, 1.82) is 0 Å². The zero-order valence-corrected chi connectivity index (χ0v) is 17.9. The third-order valence-electron chi connectivity index (χ3n) is 5.26. The number of fused-ring (bicyclic) bond motifs is 1. The Balaban J connectivity index is 1.76. The van der Waals surface area contributed by atoms with Gasteiger partial charge in [0.25, 0.3) is 5.91 Å². The highest BCUT2D eigenvalue weighted by molar-refractivity contribution is 6.06. The summed E-state index contributed by atoms with van der Waals surface area (Å²) in [4.78, 5) is 18.0. The molecule has 0 fully saturated rings. The van der Waals surface area contributed by atoms with Crippen molar-refractivity contribution in [3.8, 4) is 11.5 Å². The lowest BCUT2D eigenvalue weighted by molar-refractivity contribution is -0.113. The van der Waals surface area contributed by atoms with Gasteiger partial charge in [0.1, 0.15) is 17.5 Å². The molecule has 0 saturated heterocycles. The molecule has 1 aliphatic heterocycles. The van der Waals surface area contributed by atoms with Gasteiger partial charge < -0.3 is 25.6 Å². The van der Waals surface area contributed by atoms with Crippen molar-refractivity contribution in [2.75, 3.05) is 24.4 Å². The summed E-state index contributed by atoms with van der Waals surface area (Å²) >= 11 is 0. The number of allylic oxidation sites excluding steroid dienone is 1. The summed E-state index contributed by atoms with van der Waals surface area (Å²) < 4.78 is 7.03. The quantitative estimate of drug-likeness (QED) is 0.450. The molecule has 2 heterocycles. The number of aliphatic hydroxyl groups excluding tert-OH is 1. The number of anilines is 2. The number of methoxy groups -OCH3 is 1. The van der Waals surface area contributed by atoms with Crippen LogP contribution in [0.1, 0.15) is 30.8 Å². The zero-order chi connectivity index (χ0) is 22.7. The first-order valence-electron chi connectivity index (χ1n) is 10.3. The molecule has 1 amide bonds. The molecule has 1 aromatic heterocycles.